The monoisotopic (exact) mass is 303 g/mol. The van der Waals surface area contributed by atoms with Gasteiger partial charge in [0.2, 0.25) is 5.91 Å². The Kier molecular flexibility index (Phi) is 5.39. The second-order valence-electron chi connectivity index (χ2n) is 4.89. The van der Waals surface area contributed by atoms with Gasteiger partial charge in [-0.3, -0.25) is 4.79 Å². The molecule has 4 heteroatoms. The van der Waals surface area contributed by atoms with Crippen molar-refractivity contribution in [3.8, 4) is 0 Å². The molecule has 0 aliphatic heterocycles. The van der Waals surface area contributed by atoms with Gasteiger partial charge in [-0.1, -0.05) is 30.3 Å². The number of carbonyl (C=O) groups excluding carboxylic acids is 1. The summed E-state index contributed by atoms with van der Waals surface area (Å²) in [5.41, 5.74) is 0.921. The number of benzene rings is 2. The van der Waals surface area contributed by atoms with Crippen molar-refractivity contribution < 1.29 is 9.18 Å². The molecule has 1 amide bonds. The van der Waals surface area contributed by atoms with E-state index in [4.69, 9.17) is 0 Å². The van der Waals surface area contributed by atoms with Crippen molar-refractivity contribution in [1.29, 1.82) is 0 Å². The fourth-order valence-electron chi connectivity index (χ4n) is 2.01. The third-order valence-electron chi connectivity index (χ3n) is 3.11. The van der Waals surface area contributed by atoms with Gasteiger partial charge < -0.3 is 4.90 Å². The predicted molar refractivity (Wildman–Crippen MR) is 84.6 cm³/mol. The number of carbonyl (C=O) groups is 1. The summed E-state index contributed by atoms with van der Waals surface area (Å²) in [4.78, 5) is 15.1. The second-order valence-corrected chi connectivity index (χ2v) is 6.31. The molecule has 110 valence electrons. The van der Waals surface area contributed by atoms with Crippen LogP contribution in [0, 0.1) is 5.82 Å². The fourth-order valence-corrected chi connectivity index (χ4v) is 3.01. The number of halogens is 1. The molecule has 0 saturated heterocycles. The number of thioether (sulfide) groups is 1. The van der Waals surface area contributed by atoms with Gasteiger partial charge in [0.05, 0.1) is 5.25 Å². The molecular formula is C17H18FNOS. The zero-order valence-corrected chi connectivity index (χ0v) is 12.9. The Hall–Kier alpha value is -1.81. The molecule has 2 aromatic rings. The average molecular weight is 303 g/mol. The van der Waals surface area contributed by atoms with Gasteiger partial charge in [-0.05, 0) is 36.8 Å². The highest BCUT2D eigenvalue weighted by Gasteiger charge is 2.18. The molecule has 0 aliphatic carbocycles. The van der Waals surface area contributed by atoms with E-state index in [9.17, 15) is 9.18 Å². The van der Waals surface area contributed by atoms with E-state index in [1.165, 1.54) is 12.1 Å². The topological polar surface area (TPSA) is 20.3 Å². The van der Waals surface area contributed by atoms with Crippen molar-refractivity contribution in [2.24, 2.45) is 0 Å². The van der Waals surface area contributed by atoms with Crippen LogP contribution in [-0.2, 0) is 11.3 Å². The molecule has 0 saturated carbocycles. The molecule has 21 heavy (non-hydrogen) atoms. The van der Waals surface area contributed by atoms with Crippen LogP contribution < -0.4 is 0 Å². The third kappa shape index (κ3) is 4.60. The summed E-state index contributed by atoms with van der Waals surface area (Å²) in [6.45, 7) is 2.39. The van der Waals surface area contributed by atoms with Crippen molar-refractivity contribution in [3.05, 3.63) is 66.0 Å². The van der Waals surface area contributed by atoms with Crippen LogP contribution >= 0.6 is 11.8 Å². The zero-order chi connectivity index (χ0) is 15.2. The van der Waals surface area contributed by atoms with E-state index < -0.39 is 0 Å². The van der Waals surface area contributed by atoms with Crippen LogP contribution in [0.3, 0.4) is 0 Å². The minimum Gasteiger partial charge on any atom is -0.340 e. The molecule has 1 atom stereocenters. The van der Waals surface area contributed by atoms with E-state index >= 15 is 0 Å². The molecule has 0 N–H and O–H groups in total. The highest BCUT2D eigenvalue weighted by atomic mass is 32.2. The van der Waals surface area contributed by atoms with Crippen LogP contribution in [0.2, 0.25) is 0 Å². The first kappa shape index (κ1) is 15.6. The van der Waals surface area contributed by atoms with E-state index in [-0.39, 0.29) is 17.0 Å². The zero-order valence-electron chi connectivity index (χ0n) is 12.1. The molecule has 2 aromatic carbocycles. The van der Waals surface area contributed by atoms with Crippen molar-refractivity contribution in [2.45, 2.75) is 23.6 Å². The van der Waals surface area contributed by atoms with Crippen molar-refractivity contribution in [3.63, 3.8) is 0 Å². The van der Waals surface area contributed by atoms with Crippen LogP contribution in [0.15, 0.2) is 59.5 Å². The van der Waals surface area contributed by atoms with Gasteiger partial charge in [0, 0.05) is 18.5 Å². The molecule has 2 nitrogen and oxygen atoms in total. The summed E-state index contributed by atoms with van der Waals surface area (Å²) in [6.07, 6.45) is 0. The number of rotatable bonds is 5. The highest BCUT2D eigenvalue weighted by molar-refractivity contribution is 8.00. The Morgan fingerprint density at radius 1 is 1.14 bits per heavy atom. The molecule has 0 spiro atoms. The normalized spacial score (nSPS) is 12.0. The number of nitrogens with zero attached hydrogens (tertiary/aromatic N) is 1. The van der Waals surface area contributed by atoms with Gasteiger partial charge >= 0.3 is 0 Å². The molecular weight excluding hydrogens is 285 g/mol. The largest absolute Gasteiger partial charge is 0.340 e. The maximum Gasteiger partial charge on any atom is 0.235 e. The van der Waals surface area contributed by atoms with E-state index in [1.807, 2.05) is 37.3 Å². The summed E-state index contributed by atoms with van der Waals surface area (Å²) in [5.74, 6) is -0.200. The smallest absolute Gasteiger partial charge is 0.235 e. The second kappa shape index (κ2) is 7.27. The Morgan fingerprint density at radius 3 is 2.38 bits per heavy atom. The molecule has 1 unspecified atom stereocenters. The van der Waals surface area contributed by atoms with Gasteiger partial charge in [-0.2, -0.15) is 0 Å². The molecule has 0 aliphatic rings. The van der Waals surface area contributed by atoms with Crippen molar-refractivity contribution >= 4 is 17.7 Å². The Bertz CT molecular complexity index is 585. The van der Waals surface area contributed by atoms with Gasteiger partial charge in [0.25, 0.3) is 0 Å². The van der Waals surface area contributed by atoms with E-state index in [0.29, 0.717) is 6.54 Å². The molecule has 0 fully saturated rings. The SMILES string of the molecule is CC(Sc1ccccc1)C(=O)N(C)Cc1ccc(F)cc1. The maximum absolute atomic E-state index is 12.9. The van der Waals surface area contributed by atoms with Crippen LogP contribution in [0.1, 0.15) is 12.5 Å². The minimum absolute atomic E-state index is 0.0631. The van der Waals surface area contributed by atoms with Crippen LogP contribution in [0.25, 0.3) is 0 Å². The third-order valence-corrected chi connectivity index (χ3v) is 4.21. The maximum atomic E-state index is 12.9. The minimum atomic E-state index is -0.263. The van der Waals surface area contributed by atoms with Gasteiger partial charge in [0.15, 0.2) is 0 Å². The first-order chi connectivity index (χ1) is 10.1. The van der Waals surface area contributed by atoms with Crippen LogP contribution in [0.4, 0.5) is 4.39 Å². The summed E-state index contributed by atoms with van der Waals surface area (Å²) < 4.78 is 12.9. The quantitative estimate of drug-likeness (QED) is 0.779. The molecule has 0 bridgehead atoms. The lowest BCUT2D eigenvalue weighted by atomic mass is 10.2. The van der Waals surface area contributed by atoms with Crippen LogP contribution in [-0.4, -0.2) is 23.1 Å². The lowest BCUT2D eigenvalue weighted by molar-refractivity contribution is -0.129. The summed E-state index contributed by atoms with van der Waals surface area (Å²) in [6, 6.07) is 16.1. The van der Waals surface area contributed by atoms with Gasteiger partial charge in [-0.15, -0.1) is 11.8 Å². The Morgan fingerprint density at radius 2 is 1.76 bits per heavy atom. The van der Waals surface area contributed by atoms with Gasteiger partial charge in [0.1, 0.15) is 5.82 Å². The summed E-state index contributed by atoms with van der Waals surface area (Å²) in [5, 5.41) is -0.155. The average Bonchev–Trinajstić information content (AvgIpc) is 2.49. The number of hydrogen-bond acceptors (Lipinski definition) is 2. The lowest BCUT2D eigenvalue weighted by Gasteiger charge is -2.21. The van der Waals surface area contributed by atoms with E-state index in [0.717, 1.165) is 10.5 Å². The Labute approximate surface area is 129 Å². The van der Waals surface area contributed by atoms with Gasteiger partial charge in [-0.25, -0.2) is 4.39 Å². The first-order valence-electron chi connectivity index (χ1n) is 6.77. The fraction of sp³-hybridized carbons (Fsp3) is 0.235. The molecule has 2 rings (SSSR count). The van der Waals surface area contributed by atoms with Crippen molar-refractivity contribution in [1.82, 2.24) is 4.90 Å². The van der Waals surface area contributed by atoms with E-state index in [2.05, 4.69) is 0 Å². The predicted octanol–water partition coefficient (Wildman–Crippen LogP) is 3.96. The van der Waals surface area contributed by atoms with Crippen molar-refractivity contribution in [2.75, 3.05) is 7.05 Å². The lowest BCUT2D eigenvalue weighted by Crippen LogP contribution is -2.32. The number of hydrogen-bond donors (Lipinski definition) is 0. The highest BCUT2D eigenvalue weighted by Crippen LogP contribution is 2.24. The molecule has 0 aromatic heterocycles. The standard InChI is InChI=1S/C17H18FNOS/c1-13(21-16-6-4-3-5-7-16)17(20)19(2)12-14-8-10-15(18)11-9-14/h3-11,13H,12H2,1-2H3. The summed E-state index contributed by atoms with van der Waals surface area (Å²) in [7, 11) is 1.77. The first-order valence-corrected chi connectivity index (χ1v) is 7.65. The van der Waals surface area contributed by atoms with E-state index in [1.54, 1.807) is 35.8 Å². The summed E-state index contributed by atoms with van der Waals surface area (Å²) >= 11 is 1.54. The molecule has 0 heterocycles. The van der Waals surface area contributed by atoms with Crippen LogP contribution in [0.5, 0.6) is 0 Å². The Balaban J connectivity index is 1.93. The molecule has 0 radical (unpaired) electrons. The number of amides is 1.